The van der Waals surface area contributed by atoms with Gasteiger partial charge < -0.3 is 15.0 Å². The second-order valence-electron chi connectivity index (χ2n) is 5.61. The summed E-state index contributed by atoms with van der Waals surface area (Å²) in [5.41, 5.74) is 1.47. The molecule has 3 aromatic rings. The first-order valence-electron chi connectivity index (χ1n) is 7.76. The lowest BCUT2D eigenvalue weighted by molar-refractivity contribution is 0.122. The maximum atomic E-state index is 13.1. The molecular weight excluding hydrogens is 311 g/mol. The largest absolute Gasteiger partial charge is 0.378 e. The lowest BCUT2D eigenvalue weighted by atomic mass is 10.3. The zero-order valence-corrected chi connectivity index (χ0v) is 13.2. The molecule has 0 atom stereocenters. The van der Waals surface area contributed by atoms with Gasteiger partial charge in [-0.1, -0.05) is 0 Å². The standard InChI is InChI=1S/C16H17FN6O/c1-22-14-13(10-18-22)15(23-6-8-24-9-7-23)21-16(20-14)19-12-4-2-11(17)3-5-12/h2-5,10H,6-9H2,1H3,(H,19,20,21). The van der Waals surface area contributed by atoms with Crippen molar-refractivity contribution in [2.45, 2.75) is 0 Å². The SMILES string of the molecule is Cn1ncc2c(N3CCOCC3)nc(Nc3ccc(F)cc3)nc21. The summed E-state index contributed by atoms with van der Waals surface area (Å²) >= 11 is 0. The van der Waals surface area contributed by atoms with E-state index >= 15 is 0 Å². The van der Waals surface area contributed by atoms with Gasteiger partial charge in [-0.25, -0.2) is 4.39 Å². The summed E-state index contributed by atoms with van der Waals surface area (Å²) in [6.07, 6.45) is 1.78. The van der Waals surface area contributed by atoms with Crippen LogP contribution in [0.5, 0.6) is 0 Å². The Hall–Kier alpha value is -2.74. The Morgan fingerprint density at radius 1 is 1.12 bits per heavy atom. The molecule has 0 saturated carbocycles. The van der Waals surface area contributed by atoms with E-state index in [2.05, 4.69) is 25.3 Å². The van der Waals surface area contributed by atoms with Crippen LogP contribution in [0.15, 0.2) is 30.5 Å². The number of hydrogen-bond donors (Lipinski definition) is 1. The maximum Gasteiger partial charge on any atom is 0.231 e. The summed E-state index contributed by atoms with van der Waals surface area (Å²) in [7, 11) is 1.85. The number of ether oxygens (including phenoxy) is 1. The van der Waals surface area contributed by atoms with Gasteiger partial charge in [0.1, 0.15) is 11.6 Å². The third kappa shape index (κ3) is 2.76. The summed E-state index contributed by atoms with van der Waals surface area (Å²) < 4.78 is 20.2. The van der Waals surface area contributed by atoms with Crippen LogP contribution < -0.4 is 10.2 Å². The molecule has 1 aromatic carbocycles. The second kappa shape index (κ2) is 6.04. The summed E-state index contributed by atoms with van der Waals surface area (Å²) in [5, 5.41) is 8.33. The number of rotatable bonds is 3. The van der Waals surface area contributed by atoms with E-state index in [9.17, 15) is 4.39 Å². The summed E-state index contributed by atoms with van der Waals surface area (Å²) in [6, 6.07) is 6.10. The predicted octanol–water partition coefficient (Wildman–Crippen LogP) is 2.08. The van der Waals surface area contributed by atoms with E-state index in [1.54, 1.807) is 23.0 Å². The number of morpholine rings is 1. The molecule has 0 amide bonds. The van der Waals surface area contributed by atoms with Gasteiger partial charge in [-0.2, -0.15) is 15.1 Å². The van der Waals surface area contributed by atoms with E-state index in [4.69, 9.17) is 4.74 Å². The molecule has 0 unspecified atom stereocenters. The van der Waals surface area contributed by atoms with Gasteiger partial charge in [-0.3, -0.25) is 4.68 Å². The van der Waals surface area contributed by atoms with E-state index in [1.165, 1.54) is 12.1 Å². The van der Waals surface area contributed by atoms with Crippen molar-refractivity contribution in [3.63, 3.8) is 0 Å². The van der Waals surface area contributed by atoms with Crippen LogP contribution in [0.3, 0.4) is 0 Å². The molecule has 1 aliphatic heterocycles. The maximum absolute atomic E-state index is 13.1. The fourth-order valence-corrected chi connectivity index (χ4v) is 2.74. The smallest absolute Gasteiger partial charge is 0.231 e. The van der Waals surface area contributed by atoms with Gasteiger partial charge in [0.05, 0.1) is 24.8 Å². The van der Waals surface area contributed by atoms with E-state index < -0.39 is 0 Å². The van der Waals surface area contributed by atoms with Crippen molar-refractivity contribution in [2.24, 2.45) is 7.05 Å². The van der Waals surface area contributed by atoms with Crippen LogP contribution >= 0.6 is 0 Å². The number of benzene rings is 1. The number of aromatic nitrogens is 4. The molecule has 1 N–H and O–H groups in total. The summed E-state index contributed by atoms with van der Waals surface area (Å²) in [5.74, 6) is 1.01. The average Bonchev–Trinajstić information content (AvgIpc) is 2.98. The Morgan fingerprint density at radius 3 is 2.62 bits per heavy atom. The monoisotopic (exact) mass is 328 g/mol. The summed E-state index contributed by atoms with van der Waals surface area (Å²) in [4.78, 5) is 11.4. The Bertz CT molecular complexity index is 857. The predicted molar refractivity (Wildman–Crippen MR) is 89.0 cm³/mol. The van der Waals surface area contributed by atoms with Crippen LogP contribution in [0.2, 0.25) is 0 Å². The normalized spacial score (nSPS) is 15.0. The molecular formula is C16H17FN6O. The van der Waals surface area contributed by atoms with Crippen LogP contribution in [0.1, 0.15) is 0 Å². The molecule has 124 valence electrons. The highest BCUT2D eigenvalue weighted by Gasteiger charge is 2.19. The van der Waals surface area contributed by atoms with E-state index in [-0.39, 0.29) is 5.82 Å². The minimum Gasteiger partial charge on any atom is -0.378 e. The molecule has 1 saturated heterocycles. The third-order valence-corrected chi connectivity index (χ3v) is 3.98. The van der Waals surface area contributed by atoms with Crippen LogP contribution in [-0.2, 0) is 11.8 Å². The van der Waals surface area contributed by atoms with E-state index in [0.29, 0.717) is 19.2 Å². The van der Waals surface area contributed by atoms with Crippen molar-refractivity contribution in [3.05, 3.63) is 36.3 Å². The molecule has 7 nitrogen and oxygen atoms in total. The van der Waals surface area contributed by atoms with Gasteiger partial charge in [-0.05, 0) is 24.3 Å². The lowest BCUT2D eigenvalue weighted by Crippen LogP contribution is -2.37. The number of nitrogens with one attached hydrogen (secondary N) is 1. The molecule has 24 heavy (non-hydrogen) atoms. The quantitative estimate of drug-likeness (QED) is 0.794. The Balaban J connectivity index is 1.75. The number of aryl methyl sites for hydroxylation is 1. The van der Waals surface area contributed by atoms with Crippen molar-refractivity contribution in [3.8, 4) is 0 Å². The van der Waals surface area contributed by atoms with Crippen molar-refractivity contribution in [1.29, 1.82) is 0 Å². The Kier molecular flexibility index (Phi) is 3.73. The minimum absolute atomic E-state index is 0.280. The number of hydrogen-bond acceptors (Lipinski definition) is 6. The number of anilines is 3. The number of halogens is 1. The molecule has 3 heterocycles. The van der Waals surface area contributed by atoms with Gasteiger partial charge in [-0.15, -0.1) is 0 Å². The van der Waals surface area contributed by atoms with Gasteiger partial charge in [0.2, 0.25) is 5.95 Å². The fourth-order valence-electron chi connectivity index (χ4n) is 2.74. The first-order valence-corrected chi connectivity index (χ1v) is 7.76. The molecule has 0 radical (unpaired) electrons. The molecule has 8 heteroatoms. The van der Waals surface area contributed by atoms with Gasteiger partial charge in [0.15, 0.2) is 5.65 Å². The van der Waals surface area contributed by atoms with Gasteiger partial charge >= 0.3 is 0 Å². The molecule has 0 spiro atoms. The number of nitrogens with zero attached hydrogens (tertiary/aromatic N) is 5. The van der Waals surface area contributed by atoms with Crippen molar-refractivity contribution in [2.75, 3.05) is 36.5 Å². The van der Waals surface area contributed by atoms with E-state index in [0.717, 1.165) is 35.6 Å². The third-order valence-electron chi connectivity index (χ3n) is 3.98. The first-order chi connectivity index (χ1) is 11.7. The Labute approximate surface area is 138 Å². The van der Waals surface area contributed by atoms with Crippen LogP contribution in [-0.4, -0.2) is 46.1 Å². The van der Waals surface area contributed by atoms with Crippen LogP contribution in [0.4, 0.5) is 21.8 Å². The van der Waals surface area contributed by atoms with Crippen molar-refractivity contribution < 1.29 is 9.13 Å². The van der Waals surface area contributed by atoms with Crippen molar-refractivity contribution in [1.82, 2.24) is 19.7 Å². The van der Waals surface area contributed by atoms with Gasteiger partial charge in [0.25, 0.3) is 0 Å². The number of fused-ring (bicyclic) bond motifs is 1. The summed E-state index contributed by atoms with van der Waals surface area (Å²) in [6.45, 7) is 2.90. The van der Waals surface area contributed by atoms with Crippen molar-refractivity contribution >= 4 is 28.5 Å². The highest BCUT2D eigenvalue weighted by Crippen LogP contribution is 2.26. The highest BCUT2D eigenvalue weighted by molar-refractivity contribution is 5.88. The van der Waals surface area contributed by atoms with Gasteiger partial charge in [0, 0.05) is 25.8 Å². The second-order valence-corrected chi connectivity index (χ2v) is 5.61. The molecule has 0 bridgehead atoms. The Morgan fingerprint density at radius 2 is 1.88 bits per heavy atom. The van der Waals surface area contributed by atoms with Crippen LogP contribution in [0.25, 0.3) is 11.0 Å². The molecule has 1 fully saturated rings. The minimum atomic E-state index is -0.280. The first kappa shape index (κ1) is 14.8. The fraction of sp³-hybridized carbons (Fsp3) is 0.312. The molecule has 0 aliphatic carbocycles. The van der Waals surface area contributed by atoms with E-state index in [1.807, 2.05) is 7.05 Å². The molecule has 2 aromatic heterocycles. The zero-order valence-electron chi connectivity index (χ0n) is 13.2. The molecule has 1 aliphatic rings. The highest BCUT2D eigenvalue weighted by atomic mass is 19.1. The lowest BCUT2D eigenvalue weighted by Gasteiger charge is -2.28. The zero-order chi connectivity index (χ0) is 16.5. The average molecular weight is 328 g/mol. The van der Waals surface area contributed by atoms with Crippen LogP contribution in [0, 0.1) is 5.82 Å². The topological polar surface area (TPSA) is 68.1 Å². The molecule has 4 rings (SSSR count).